The first-order chi connectivity index (χ1) is 10.1. The van der Waals surface area contributed by atoms with Crippen LogP contribution in [0.5, 0.6) is 11.5 Å². The number of carbonyl (C=O) groups is 3. The van der Waals surface area contributed by atoms with E-state index in [-0.39, 0.29) is 13.0 Å². The number of carbonyl (C=O) groups excluding carboxylic acids is 3. The lowest BCUT2D eigenvalue weighted by molar-refractivity contribution is -0.153. The molecule has 0 heterocycles. The molecule has 0 unspecified atom stereocenters. The van der Waals surface area contributed by atoms with Crippen LogP contribution in [0.2, 0.25) is 0 Å². The number of hydrogen-bond acceptors (Lipinski definition) is 6. The van der Waals surface area contributed by atoms with E-state index in [1.807, 2.05) is 0 Å². The van der Waals surface area contributed by atoms with Gasteiger partial charge >= 0.3 is 5.97 Å². The standard InChI is InChI=1S/C15H18O6/c1-3-12(17)15(18)21-8-4-7-20-13-6-5-11(10-16)9-14(13)19-2/h5-6,9-10H,3-4,7-8H2,1-2H3. The van der Waals surface area contributed by atoms with Gasteiger partial charge < -0.3 is 14.2 Å². The molecule has 0 amide bonds. The first-order valence-corrected chi connectivity index (χ1v) is 6.58. The van der Waals surface area contributed by atoms with Gasteiger partial charge in [-0.1, -0.05) is 6.92 Å². The van der Waals surface area contributed by atoms with E-state index < -0.39 is 11.8 Å². The SMILES string of the molecule is CCC(=O)C(=O)OCCCOc1ccc(C=O)cc1OC. The molecule has 0 aliphatic heterocycles. The summed E-state index contributed by atoms with van der Waals surface area (Å²) in [5.41, 5.74) is 0.492. The molecule has 6 heteroatoms. The fraction of sp³-hybridized carbons (Fsp3) is 0.400. The Bertz CT molecular complexity index is 509. The lowest BCUT2D eigenvalue weighted by Gasteiger charge is -2.11. The van der Waals surface area contributed by atoms with Gasteiger partial charge in [0.2, 0.25) is 5.78 Å². The molecule has 0 bridgehead atoms. The summed E-state index contributed by atoms with van der Waals surface area (Å²) in [6.45, 7) is 2.01. The van der Waals surface area contributed by atoms with Crippen LogP contribution in [0.15, 0.2) is 18.2 Å². The molecule has 0 fully saturated rings. The van der Waals surface area contributed by atoms with Crippen molar-refractivity contribution in [2.24, 2.45) is 0 Å². The van der Waals surface area contributed by atoms with Crippen LogP contribution >= 0.6 is 0 Å². The Hall–Kier alpha value is -2.37. The Morgan fingerprint density at radius 1 is 1.19 bits per heavy atom. The Balaban J connectivity index is 2.37. The van der Waals surface area contributed by atoms with Gasteiger partial charge in [-0.15, -0.1) is 0 Å². The second-order valence-electron chi connectivity index (χ2n) is 4.14. The predicted octanol–water partition coefficient (Wildman–Crippen LogP) is 1.80. The first kappa shape index (κ1) is 16.7. The van der Waals surface area contributed by atoms with E-state index in [2.05, 4.69) is 0 Å². The number of ketones is 1. The zero-order chi connectivity index (χ0) is 15.7. The number of rotatable bonds is 9. The van der Waals surface area contributed by atoms with Gasteiger partial charge in [-0.2, -0.15) is 0 Å². The van der Waals surface area contributed by atoms with Gasteiger partial charge in [-0.05, 0) is 18.2 Å². The first-order valence-electron chi connectivity index (χ1n) is 6.58. The molecule has 0 atom stereocenters. The molecule has 0 N–H and O–H groups in total. The second-order valence-corrected chi connectivity index (χ2v) is 4.14. The van der Waals surface area contributed by atoms with E-state index >= 15 is 0 Å². The number of ether oxygens (including phenoxy) is 3. The highest BCUT2D eigenvalue weighted by atomic mass is 16.5. The van der Waals surface area contributed by atoms with Crippen LogP contribution in [0.1, 0.15) is 30.1 Å². The van der Waals surface area contributed by atoms with Crippen molar-refractivity contribution in [2.45, 2.75) is 19.8 Å². The second kappa shape index (κ2) is 8.73. The third-order valence-corrected chi connectivity index (χ3v) is 2.65. The third-order valence-electron chi connectivity index (χ3n) is 2.65. The molecule has 1 aromatic carbocycles. The minimum atomic E-state index is -0.814. The quantitative estimate of drug-likeness (QED) is 0.299. The van der Waals surface area contributed by atoms with Crippen molar-refractivity contribution in [1.82, 2.24) is 0 Å². The highest BCUT2D eigenvalue weighted by molar-refractivity contribution is 6.33. The zero-order valence-corrected chi connectivity index (χ0v) is 12.1. The molecule has 0 aliphatic carbocycles. The molecule has 0 aromatic heterocycles. The van der Waals surface area contributed by atoms with Crippen molar-refractivity contribution >= 4 is 18.0 Å². The molecule has 1 rings (SSSR count). The minimum absolute atomic E-state index is 0.110. The monoisotopic (exact) mass is 294 g/mol. The van der Waals surface area contributed by atoms with Crippen LogP contribution in [-0.4, -0.2) is 38.4 Å². The lowest BCUT2D eigenvalue weighted by Crippen LogP contribution is -2.17. The van der Waals surface area contributed by atoms with Crippen LogP contribution in [0.25, 0.3) is 0 Å². The van der Waals surface area contributed by atoms with Gasteiger partial charge in [0.25, 0.3) is 0 Å². The van der Waals surface area contributed by atoms with Gasteiger partial charge in [-0.25, -0.2) is 4.79 Å². The Labute approximate surface area is 123 Å². The summed E-state index contributed by atoms with van der Waals surface area (Å²) >= 11 is 0. The molecular weight excluding hydrogens is 276 g/mol. The molecular formula is C15H18O6. The number of Topliss-reactive ketones (excluding diaryl/α,β-unsaturated/α-hetero) is 1. The number of hydrogen-bond donors (Lipinski definition) is 0. The average molecular weight is 294 g/mol. The van der Waals surface area contributed by atoms with Gasteiger partial charge in [-0.3, -0.25) is 9.59 Å². The van der Waals surface area contributed by atoms with Gasteiger partial charge in [0, 0.05) is 18.4 Å². The fourth-order valence-corrected chi connectivity index (χ4v) is 1.51. The Kier molecular flexibility index (Phi) is 6.94. The number of esters is 1. The molecule has 114 valence electrons. The van der Waals surface area contributed by atoms with Crippen LogP contribution in [0.3, 0.4) is 0 Å². The minimum Gasteiger partial charge on any atom is -0.493 e. The summed E-state index contributed by atoms with van der Waals surface area (Å²) in [6, 6.07) is 4.82. The maximum absolute atomic E-state index is 11.1. The zero-order valence-electron chi connectivity index (χ0n) is 12.1. The summed E-state index contributed by atoms with van der Waals surface area (Å²) in [6.07, 6.45) is 1.30. The number of methoxy groups -OCH3 is 1. The molecule has 6 nitrogen and oxygen atoms in total. The van der Waals surface area contributed by atoms with E-state index in [1.54, 1.807) is 25.1 Å². The van der Waals surface area contributed by atoms with Crippen molar-refractivity contribution in [3.8, 4) is 11.5 Å². The van der Waals surface area contributed by atoms with Crippen LogP contribution in [-0.2, 0) is 14.3 Å². The van der Waals surface area contributed by atoms with Gasteiger partial charge in [0.15, 0.2) is 11.5 Å². The van der Waals surface area contributed by atoms with E-state index in [0.717, 1.165) is 6.29 Å². The van der Waals surface area contributed by atoms with Crippen molar-refractivity contribution < 1.29 is 28.6 Å². The lowest BCUT2D eigenvalue weighted by atomic mass is 10.2. The summed E-state index contributed by atoms with van der Waals surface area (Å²) < 4.78 is 15.4. The van der Waals surface area contributed by atoms with Gasteiger partial charge in [0.1, 0.15) is 6.29 Å². The third kappa shape index (κ3) is 5.25. The summed E-state index contributed by atoms with van der Waals surface area (Å²) in [5, 5.41) is 0. The Morgan fingerprint density at radius 2 is 1.95 bits per heavy atom. The van der Waals surface area contributed by atoms with Crippen molar-refractivity contribution in [1.29, 1.82) is 0 Å². The molecule has 0 aliphatic rings. The molecule has 0 radical (unpaired) electrons. The fourth-order valence-electron chi connectivity index (χ4n) is 1.51. The molecule has 1 aromatic rings. The highest BCUT2D eigenvalue weighted by Crippen LogP contribution is 2.27. The maximum Gasteiger partial charge on any atom is 0.374 e. The normalized spacial score (nSPS) is 9.81. The van der Waals surface area contributed by atoms with Crippen molar-refractivity contribution in [3.05, 3.63) is 23.8 Å². The average Bonchev–Trinajstić information content (AvgIpc) is 2.53. The summed E-state index contributed by atoms with van der Waals surface area (Å²) in [7, 11) is 1.48. The van der Waals surface area contributed by atoms with Crippen molar-refractivity contribution in [3.63, 3.8) is 0 Å². The van der Waals surface area contributed by atoms with Crippen LogP contribution < -0.4 is 9.47 Å². The number of benzene rings is 1. The summed E-state index contributed by atoms with van der Waals surface area (Å²) in [5.74, 6) is -0.399. The van der Waals surface area contributed by atoms with E-state index in [0.29, 0.717) is 30.1 Å². The molecule has 0 saturated carbocycles. The van der Waals surface area contributed by atoms with E-state index in [4.69, 9.17) is 14.2 Å². The van der Waals surface area contributed by atoms with E-state index in [9.17, 15) is 14.4 Å². The molecule has 0 saturated heterocycles. The summed E-state index contributed by atoms with van der Waals surface area (Å²) in [4.78, 5) is 32.8. The largest absolute Gasteiger partial charge is 0.493 e. The number of aldehydes is 1. The van der Waals surface area contributed by atoms with Gasteiger partial charge in [0.05, 0.1) is 20.3 Å². The van der Waals surface area contributed by atoms with Crippen molar-refractivity contribution in [2.75, 3.05) is 20.3 Å². The molecule has 21 heavy (non-hydrogen) atoms. The van der Waals surface area contributed by atoms with Crippen LogP contribution in [0.4, 0.5) is 0 Å². The predicted molar refractivity (Wildman–Crippen MR) is 74.8 cm³/mol. The van der Waals surface area contributed by atoms with Crippen LogP contribution in [0, 0.1) is 0 Å². The molecule has 0 spiro atoms. The highest BCUT2D eigenvalue weighted by Gasteiger charge is 2.12. The topological polar surface area (TPSA) is 78.9 Å². The van der Waals surface area contributed by atoms with E-state index in [1.165, 1.54) is 7.11 Å². The maximum atomic E-state index is 11.1. The Morgan fingerprint density at radius 3 is 2.57 bits per heavy atom. The smallest absolute Gasteiger partial charge is 0.374 e.